The zero-order chi connectivity index (χ0) is 22.8. The number of allylic oxidation sites excluding steroid dienone is 4. The van der Waals surface area contributed by atoms with E-state index in [-0.39, 0.29) is 11.5 Å². The Hall–Kier alpha value is -0.560. The molecule has 7 atom stereocenters. The first-order chi connectivity index (χ1) is 14.4. The molecule has 1 nitrogen and oxygen atoms in total. The lowest BCUT2D eigenvalue weighted by molar-refractivity contribution is -0.0960. The minimum Gasteiger partial charge on any atom is -0.393 e. The van der Waals surface area contributed by atoms with Crippen molar-refractivity contribution in [1.29, 1.82) is 0 Å². The predicted molar refractivity (Wildman–Crippen MR) is 133 cm³/mol. The number of hydrogen-bond acceptors (Lipinski definition) is 1. The molecule has 0 aromatic carbocycles. The monoisotopic (exact) mass is 426 g/mol. The molecule has 0 bridgehead atoms. The molecule has 31 heavy (non-hydrogen) atoms. The Kier molecular flexibility index (Phi) is 5.90. The summed E-state index contributed by atoms with van der Waals surface area (Å²) in [6, 6.07) is 0. The van der Waals surface area contributed by atoms with Crippen molar-refractivity contribution in [2.75, 3.05) is 0 Å². The standard InChI is InChI=1S/C30H50O/c1-20(2)10-9-11-21(3)22-14-18-30(8)24-12-13-25-27(4,5)26(31)16-17-28(25,6)23(24)15-19-29(22,30)7/h9,11,20-22,25-26,31H,10,12-19H2,1-8H3/t21-,22-,25-,26-,28+,29-,30+/m0/s1. The molecule has 4 aliphatic rings. The van der Waals surface area contributed by atoms with Gasteiger partial charge in [-0.2, -0.15) is 0 Å². The van der Waals surface area contributed by atoms with Gasteiger partial charge in [-0.1, -0.05) is 78.7 Å². The molecule has 0 heterocycles. The van der Waals surface area contributed by atoms with Crippen LogP contribution >= 0.6 is 0 Å². The number of aliphatic hydroxyl groups is 1. The van der Waals surface area contributed by atoms with Gasteiger partial charge in [-0.15, -0.1) is 0 Å². The minimum absolute atomic E-state index is 0.0428. The molecule has 0 spiro atoms. The van der Waals surface area contributed by atoms with Crippen molar-refractivity contribution >= 4 is 0 Å². The summed E-state index contributed by atoms with van der Waals surface area (Å²) in [5.41, 5.74) is 4.86. The van der Waals surface area contributed by atoms with Crippen LogP contribution in [-0.4, -0.2) is 11.2 Å². The van der Waals surface area contributed by atoms with E-state index in [2.05, 4.69) is 67.5 Å². The lowest BCUT2D eigenvalue weighted by atomic mass is 9.43. The van der Waals surface area contributed by atoms with E-state index < -0.39 is 0 Å². The Labute approximate surface area is 193 Å². The van der Waals surface area contributed by atoms with Crippen LogP contribution in [0.15, 0.2) is 23.3 Å². The van der Waals surface area contributed by atoms with Crippen LogP contribution < -0.4 is 0 Å². The average molecular weight is 427 g/mol. The number of rotatable bonds is 4. The van der Waals surface area contributed by atoms with Crippen molar-refractivity contribution in [2.24, 2.45) is 45.3 Å². The molecule has 0 radical (unpaired) electrons. The van der Waals surface area contributed by atoms with Gasteiger partial charge < -0.3 is 5.11 Å². The van der Waals surface area contributed by atoms with Crippen LogP contribution in [0.1, 0.15) is 113 Å². The summed E-state index contributed by atoms with van der Waals surface area (Å²) in [6.07, 6.45) is 16.2. The maximum absolute atomic E-state index is 10.8. The van der Waals surface area contributed by atoms with Crippen molar-refractivity contribution < 1.29 is 5.11 Å². The lowest BCUT2D eigenvalue weighted by Gasteiger charge is -2.62. The fraction of sp³-hybridized carbons (Fsp3) is 0.867. The molecule has 0 aromatic heterocycles. The zero-order valence-electron chi connectivity index (χ0n) is 21.9. The van der Waals surface area contributed by atoms with Gasteiger partial charge in [0.05, 0.1) is 6.10 Å². The van der Waals surface area contributed by atoms with Crippen LogP contribution in [0.2, 0.25) is 0 Å². The van der Waals surface area contributed by atoms with Crippen LogP contribution in [0, 0.1) is 45.3 Å². The molecule has 1 heteroatoms. The summed E-state index contributed by atoms with van der Waals surface area (Å²) in [7, 11) is 0. The molecule has 0 amide bonds. The van der Waals surface area contributed by atoms with E-state index in [9.17, 15) is 5.11 Å². The highest BCUT2D eigenvalue weighted by molar-refractivity contribution is 5.39. The van der Waals surface area contributed by atoms with Crippen molar-refractivity contribution in [2.45, 2.75) is 119 Å². The topological polar surface area (TPSA) is 20.2 Å². The third kappa shape index (κ3) is 3.34. The molecule has 4 aliphatic carbocycles. The van der Waals surface area contributed by atoms with Gasteiger partial charge >= 0.3 is 0 Å². The summed E-state index contributed by atoms with van der Waals surface area (Å²) in [5, 5.41) is 10.8. The van der Waals surface area contributed by atoms with Crippen LogP contribution in [0.4, 0.5) is 0 Å². The highest BCUT2D eigenvalue weighted by Crippen LogP contribution is 2.72. The second kappa shape index (κ2) is 7.75. The Morgan fingerprint density at radius 1 is 0.903 bits per heavy atom. The van der Waals surface area contributed by atoms with Crippen molar-refractivity contribution in [3.63, 3.8) is 0 Å². The fourth-order valence-electron chi connectivity index (χ4n) is 9.26. The Morgan fingerprint density at radius 3 is 2.29 bits per heavy atom. The number of hydrogen-bond donors (Lipinski definition) is 1. The van der Waals surface area contributed by atoms with E-state index in [0.29, 0.717) is 28.1 Å². The van der Waals surface area contributed by atoms with Crippen molar-refractivity contribution in [3.05, 3.63) is 23.3 Å². The van der Waals surface area contributed by atoms with Crippen molar-refractivity contribution in [1.82, 2.24) is 0 Å². The quantitative estimate of drug-likeness (QED) is 0.448. The third-order valence-electron chi connectivity index (χ3n) is 11.5. The predicted octanol–water partition coefficient (Wildman–Crippen LogP) is 8.34. The summed E-state index contributed by atoms with van der Waals surface area (Å²) < 4.78 is 0. The van der Waals surface area contributed by atoms with E-state index in [1.165, 1.54) is 51.4 Å². The highest BCUT2D eigenvalue weighted by atomic mass is 16.3. The molecule has 0 saturated heterocycles. The molecular formula is C30H50O. The first-order valence-corrected chi connectivity index (χ1v) is 13.5. The molecular weight excluding hydrogens is 376 g/mol. The fourth-order valence-corrected chi connectivity index (χ4v) is 9.26. The Bertz CT molecular complexity index is 756. The van der Waals surface area contributed by atoms with Gasteiger partial charge in [0.15, 0.2) is 0 Å². The van der Waals surface area contributed by atoms with Gasteiger partial charge in [0.1, 0.15) is 0 Å². The number of aliphatic hydroxyl groups excluding tert-OH is 1. The summed E-state index contributed by atoms with van der Waals surface area (Å²) >= 11 is 0. The van der Waals surface area contributed by atoms with Gasteiger partial charge in [-0.05, 0) is 103 Å². The molecule has 0 unspecified atom stereocenters. The molecule has 4 rings (SSSR count). The normalized spacial score (nSPS) is 45.5. The first-order valence-electron chi connectivity index (χ1n) is 13.5. The minimum atomic E-state index is -0.133. The largest absolute Gasteiger partial charge is 0.393 e. The Morgan fingerprint density at radius 2 is 1.61 bits per heavy atom. The maximum Gasteiger partial charge on any atom is 0.0594 e. The summed E-state index contributed by atoms with van der Waals surface area (Å²) in [6.45, 7) is 19.7. The zero-order valence-corrected chi connectivity index (χ0v) is 21.9. The summed E-state index contributed by atoms with van der Waals surface area (Å²) in [5.74, 6) is 2.88. The van der Waals surface area contributed by atoms with Gasteiger partial charge in [0, 0.05) is 0 Å². The van der Waals surface area contributed by atoms with Crippen LogP contribution in [0.3, 0.4) is 0 Å². The van der Waals surface area contributed by atoms with E-state index in [1.807, 2.05) is 11.1 Å². The molecule has 0 aromatic rings. The molecule has 1 N–H and O–H groups in total. The molecule has 176 valence electrons. The van der Waals surface area contributed by atoms with Crippen LogP contribution in [0.25, 0.3) is 0 Å². The SMILES string of the molecule is CC(C)CC=C[C@H](C)[C@@H]1CC[C@]2(C)C3=C(CC[C@@]12C)[C@@]1(C)CC[C@H](O)C(C)(C)[C@@H]1CC3. The van der Waals surface area contributed by atoms with Crippen LogP contribution in [-0.2, 0) is 0 Å². The van der Waals surface area contributed by atoms with Crippen LogP contribution in [0.5, 0.6) is 0 Å². The van der Waals surface area contributed by atoms with E-state index in [0.717, 1.165) is 18.3 Å². The molecule has 2 fully saturated rings. The van der Waals surface area contributed by atoms with E-state index in [4.69, 9.17) is 0 Å². The van der Waals surface area contributed by atoms with Gasteiger partial charge in [-0.3, -0.25) is 0 Å². The third-order valence-corrected chi connectivity index (χ3v) is 11.5. The lowest BCUT2D eigenvalue weighted by Crippen LogP contribution is -2.55. The second-order valence-electron chi connectivity index (χ2n) is 13.7. The van der Waals surface area contributed by atoms with E-state index >= 15 is 0 Å². The van der Waals surface area contributed by atoms with E-state index in [1.54, 1.807) is 0 Å². The summed E-state index contributed by atoms with van der Waals surface area (Å²) in [4.78, 5) is 0. The Balaban J connectivity index is 1.66. The van der Waals surface area contributed by atoms with Gasteiger partial charge in [0.2, 0.25) is 0 Å². The molecule has 0 aliphatic heterocycles. The first kappa shape index (κ1) is 23.6. The maximum atomic E-state index is 10.8. The number of fused-ring (bicyclic) bond motifs is 4. The van der Waals surface area contributed by atoms with Crippen molar-refractivity contribution in [3.8, 4) is 0 Å². The second-order valence-corrected chi connectivity index (χ2v) is 13.7. The highest BCUT2D eigenvalue weighted by Gasteiger charge is 2.63. The van der Waals surface area contributed by atoms with Gasteiger partial charge in [-0.25, -0.2) is 0 Å². The van der Waals surface area contributed by atoms with Gasteiger partial charge in [0.25, 0.3) is 0 Å². The molecule has 2 saturated carbocycles. The average Bonchev–Trinajstić information content (AvgIpc) is 2.96. The smallest absolute Gasteiger partial charge is 0.0594 e.